The van der Waals surface area contributed by atoms with E-state index in [1.54, 1.807) is 13.2 Å². The van der Waals surface area contributed by atoms with Crippen molar-refractivity contribution in [2.75, 3.05) is 20.3 Å². The third-order valence-electron chi connectivity index (χ3n) is 1.71. The molecule has 0 fully saturated rings. The van der Waals surface area contributed by atoms with Crippen molar-refractivity contribution in [2.45, 2.75) is 12.8 Å². The van der Waals surface area contributed by atoms with Gasteiger partial charge in [0.25, 0.3) is 0 Å². The summed E-state index contributed by atoms with van der Waals surface area (Å²) in [5.74, 6) is 0.112. The molecule has 3 nitrogen and oxygen atoms in total. The first-order valence-electron chi connectivity index (χ1n) is 4.56. The van der Waals surface area contributed by atoms with E-state index in [-0.39, 0.29) is 0 Å². The third kappa shape index (κ3) is 4.18. The molecule has 0 saturated heterocycles. The zero-order chi connectivity index (χ0) is 10.2. The highest BCUT2D eigenvalue weighted by Gasteiger charge is 1.95. The molecule has 1 aromatic rings. The van der Waals surface area contributed by atoms with Gasteiger partial charge in [-0.1, -0.05) is 0 Å². The minimum atomic E-state index is -0.489. The summed E-state index contributed by atoms with van der Waals surface area (Å²) in [4.78, 5) is 3.48. The second-order valence-electron chi connectivity index (χ2n) is 2.86. The largest absolute Gasteiger partial charge is 0.492 e. The number of ether oxygens (including phenoxy) is 2. The van der Waals surface area contributed by atoms with E-state index in [1.165, 1.54) is 12.3 Å². The Morgan fingerprint density at radius 1 is 1.29 bits per heavy atom. The molecule has 0 bridgehead atoms. The van der Waals surface area contributed by atoms with Crippen molar-refractivity contribution in [3.63, 3.8) is 0 Å². The quantitative estimate of drug-likeness (QED) is 0.519. The topological polar surface area (TPSA) is 31.4 Å². The van der Waals surface area contributed by atoms with E-state index < -0.39 is 5.95 Å². The summed E-state index contributed by atoms with van der Waals surface area (Å²) in [6, 6.07) is 2.85. The van der Waals surface area contributed by atoms with Crippen molar-refractivity contribution in [1.29, 1.82) is 0 Å². The molecule has 0 radical (unpaired) electrons. The van der Waals surface area contributed by atoms with Gasteiger partial charge in [-0.25, -0.2) is 4.98 Å². The van der Waals surface area contributed by atoms with Crippen LogP contribution in [0.5, 0.6) is 5.75 Å². The number of aromatic nitrogens is 1. The molecule has 0 amide bonds. The molecule has 4 heteroatoms. The number of methoxy groups -OCH3 is 1. The number of rotatable bonds is 6. The van der Waals surface area contributed by atoms with Gasteiger partial charge in [-0.05, 0) is 25.0 Å². The lowest BCUT2D eigenvalue weighted by Crippen LogP contribution is -2.00. The smallest absolute Gasteiger partial charge is 0.213 e. The normalized spacial score (nSPS) is 10.1. The Hall–Kier alpha value is -1.16. The molecule has 0 saturated carbocycles. The van der Waals surface area contributed by atoms with Gasteiger partial charge < -0.3 is 9.47 Å². The molecule has 1 heterocycles. The average molecular weight is 199 g/mol. The Kier molecular flexibility index (Phi) is 4.93. The van der Waals surface area contributed by atoms with Crippen LogP contribution in [0.4, 0.5) is 4.39 Å². The molecule has 0 atom stereocenters. The van der Waals surface area contributed by atoms with Crippen LogP contribution in [0.3, 0.4) is 0 Å². The second-order valence-corrected chi connectivity index (χ2v) is 2.86. The monoisotopic (exact) mass is 199 g/mol. The van der Waals surface area contributed by atoms with E-state index in [4.69, 9.17) is 9.47 Å². The van der Waals surface area contributed by atoms with E-state index in [0.717, 1.165) is 19.4 Å². The fourth-order valence-electron chi connectivity index (χ4n) is 0.986. The first kappa shape index (κ1) is 10.9. The highest BCUT2D eigenvalue weighted by Crippen LogP contribution is 2.08. The van der Waals surface area contributed by atoms with Crippen LogP contribution in [0.15, 0.2) is 18.3 Å². The van der Waals surface area contributed by atoms with Crippen LogP contribution < -0.4 is 4.74 Å². The number of pyridine rings is 1. The van der Waals surface area contributed by atoms with Crippen LogP contribution in [0.2, 0.25) is 0 Å². The Bertz CT molecular complexity index is 251. The van der Waals surface area contributed by atoms with Crippen LogP contribution in [0, 0.1) is 5.95 Å². The third-order valence-corrected chi connectivity index (χ3v) is 1.71. The van der Waals surface area contributed by atoms with Crippen LogP contribution >= 0.6 is 0 Å². The highest BCUT2D eigenvalue weighted by atomic mass is 19.1. The number of nitrogens with zero attached hydrogens (tertiary/aromatic N) is 1. The molecule has 0 aliphatic rings. The van der Waals surface area contributed by atoms with Crippen LogP contribution in [-0.2, 0) is 4.74 Å². The molecule has 0 spiro atoms. The van der Waals surface area contributed by atoms with Crippen molar-refractivity contribution in [3.8, 4) is 5.75 Å². The predicted octanol–water partition coefficient (Wildman–Crippen LogP) is 2.03. The Morgan fingerprint density at radius 2 is 2.07 bits per heavy atom. The molecule has 1 rings (SSSR count). The van der Waals surface area contributed by atoms with E-state index in [2.05, 4.69) is 4.98 Å². The minimum absolute atomic E-state index is 0.489. The van der Waals surface area contributed by atoms with Crippen molar-refractivity contribution in [1.82, 2.24) is 4.98 Å². The van der Waals surface area contributed by atoms with E-state index >= 15 is 0 Å². The SMILES string of the molecule is COCCCCOc1ccc(F)nc1. The van der Waals surface area contributed by atoms with Gasteiger partial charge in [-0.3, -0.25) is 0 Å². The van der Waals surface area contributed by atoms with Crippen molar-refractivity contribution in [3.05, 3.63) is 24.3 Å². The summed E-state index contributed by atoms with van der Waals surface area (Å²) in [6.45, 7) is 1.35. The summed E-state index contributed by atoms with van der Waals surface area (Å²) >= 11 is 0. The second kappa shape index (κ2) is 6.32. The van der Waals surface area contributed by atoms with Gasteiger partial charge >= 0.3 is 0 Å². The number of hydrogen-bond donors (Lipinski definition) is 0. The molecule has 0 aliphatic carbocycles. The van der Waals surface area contributed by atoms with Crippen molar-refractivity contribution < 1.29 is 13.9 Å². The first-order valence-corrected chi connectivity index (χ1v) is 4.56. The van der Waals surface area contributed by atoms with Crippen LogP contribution in [0.1, 0.15) is 12.8 Å². The minimum Gasteiger partial charge on any atom is -0.492 e. The maximum atomic E-state index is 12.4. The maximum Gasteiger partial charge on any atom is 0.213 e. The number of halogens is 1. The Balaban J connectivity index is 2.15. The van der Waals surface area contributed by atoms with Crippen molar-refractivity contribution >= 4 is 0 Å². The van der Waals surface area contributed by atoms with Gasteiger partial charge in [0.15, 0.2) is 0 Å². The zero-order valence-electron chi connectivity index (χ0n) is 8.20. The van der Waals surface area contributed by atoms with Gasteiger partial charge in [0.2, 0.25) is 5.95 Å². The molecule has 0 aromatic carbocycles. The molecule has 0 N–H and O–H groups in total. The van der Waals surface area contributed by atoms with Crippen molar-refractivity contribution in [2.24, 2.45) is 0 Å². The molecule has 78 valence electrons. The summed E-state index contributed by atoms with van der Waals surface area (Å²) in [5, 5.41) is 0. The summed E-state index contributed by atoms with van der Waals surface area (Å²) in [6.07, 6.45) is 3.27. The zero-order valence-corrected chi connectivity index (χ0v) is 8.20. The molecular weight excluding hydrogens is 185 g/mol. The number of unbranched alkanes of at least 4 members (excludes halogenated alkanes) is 1. The summed E-state index contributed by atoms with van der Waals surface area (Å²) in [7, 11) is 1.67. The van der Waals surface area contributed by atoms with Crippen LogP contribution in [-0.4, -0.2) is 25.3 Å². The standard InChI is InChI=1S/C10H14FNO2/c1-13-6-2-3-7-14-9-4-5-10(11)12-8-9/h4-5,8H,2-3,6-7H2,1H3. The summed E-state index contributed by atoms with van der Waals surface area (Å²) in [5.41, 5.74) is 0. The number of hydrogen-bond acceptors (Lipinski definition) is 3. The van der Waals surface area contributed by atoms with E-state index in [1.807, 2.05) is 0 Å². The Morgan fingerprint density at radius 3 is 2.71 bits per heavy atom. The Labute approximate surface area is 82.9 Å². The van der Waals surface area contributed by atoms with Gasteiger partial charge in [-0.15, -0.1) is 0 Å². The van der Waals surface area contributed by atoms with Gasteiger partial charge in [0.1, 0.15) is 5.75 Å². The average Bonchev–Trinajstić information content (AvgIpc) is 2.21. The molecule has 14 heavy (non-hydrogen) atoms. The molecule has 0 aliphatic heterocycles. The van der Waals surface area contributed by atoms with Gasteiger partial charge in [0.05, 0.1) is 12.8 Å². The van der Waals surface area contributed by atoms with Gasteiger partial charge in [0, 0.05) is 13.7 Å². The van der Waals surface area contributed by atoms with E-state index in [9.17, 15) is 4.39 Å². The fraction of sp³-hybridized carbons (Fsp3) is 0.500. The maximum absolute atomic E-state index is 12.4. The van der Waals surface area contributed by atoms with E-state index in [0.29, 0.717) is 12.4 Å². The lowest BCUT2D eigenvalue weighted by atomic mass is 10.3. The highest BCUT2D eigenvalue weighted by molar-refractivity contribution is 5.15. The predicted molar refractivity (Wildman–Crippen MR) is 50.8 cm³/mol. The first-order chi connectivity index (χ1) is 6.83. The summed E-state index contributed by atoms with van der Waals surface area (Å²) < 4.78 is 22.6. The molecule has 1 aromatic heterocycles. The fourth-order valence-corrected chi connectivity index (χ4v) is 0.986. The van der Waals surface area contributed by atoms with Gasteiger partial charge in [-0.2, -0.15) is 4.39 Å². The van der Waals surface area contributed by atoms with Crippen LogP contribution in [0.25, 0.3) is 0 Å². The molecular formula is C10H14FNO2. The molecule has 0 unspecified atom stereocenters. The lowest BCUT2D eigenvalue weighted by Gasteiger charge is -2.04. The lowest BCUT2D eigenvalue weighted by molar-refractivity contribution is 0.184.